The molecular formula is C13H12FN5S. The van der Waals surface area contributed by atoms with Crippen LogP contribution in [-0.2, 0) is 0 Å². The molecule has 0 amide bonds. The van der Waals surface area contributed by atoms with Crippen LogP contribution in [0.4, 0.5) is 15.2 Å². The molecule has 7 heteroatoms. The van der Waals surface area contributed by atoms with E-state index >= 15 is 0 Å². The maximum absolute atomic E-state index is 14.3. The summed E-state index contributed by atoms with van der Waals surface area (Å²) in [6.07, 6.45) is -1.15. The van der Waals surface area contributed by atoms with Crippen molar-refractivity contribution in [1.29, 1.82) is 5.26 Å². The van der Waals surface area contributed by atoms with Crippen molar-refractivity contribution in [2.24, 2.45) is 0 Å². The van der Waals surface area contributed by atoms with Gasteiger partial charge in [0.25, 0.3) is 0 Å². The van der Waals surface area contributed by atoms with Gasteiger partial charge in [0, 0.05) is 18.8 Å². The quantitative estimate of drug-likeness (QED) is 0.792. The van der Waals surface area contributed by atoms with Crippen LogP contribution >= 0.6 is 11.3 Å². The number of anilines is 2. The summed E-state index contributed by atoms with van der Waals surface area (Å²) < 4.78 is 14.3. The molecule has 102 valence electrons. The molecule has 3 rings (SSSR count). The van der Waals surface area contributed by atoms with E-state index in [1.54, 1.807) is 4.90 Å². The second kappa shape index (κ2) is 5.43. The average molecular weight is 289 g/mol. The van der Waals surface area contributed by atoms with E-state index in [0.29, 0.717) is 18.2 Å². The van der Waals surface area contributed by atoms with Crippen molar-refractivity contribution in [3.05, 3.63) is 35.3 Å². The van der Waals surface area contributed by atoms with Crippen LogP contribution in [0, 0.1) is 11.3 Å². The number of piperazine rings is 1. The topological polar surface area (TPSA) is 56.1 Å². The molecule has 1 atom stereocenters. The fourth-order valence-electron chi connectivity index (χ4n) is 2.21. The lowest BCUT2D eigenvalue weighted by Gasteiger charge is -2.38. The van der Waals surface area contributed by atoms with Crippen molar-refractivity contribution in [2.75, 3.05) is 29.4 Å². The molecular weight excluding hydrogens is 277 g/mol. The van der Waals surface area contributed by atoms with Crippen molar-refractivity contribution in [1.82, 2.24) is 10.2 Å². The SMILES string of the molecule is N#Cc1nnc(N2CCN(c3ccccc3)CC2F)s1. The van der Waals surface area contributed by atoms with Crippen molar-refractivity contribution < 1.29 is 4.39 Å². The highest BCUT2D eigenvalue weighted by molar-refractivity contribution is 7.15. The van der Waals surface area contributed by atoms with E-state index in [1.165, 1.54) is 0 Å². The summed E-state index contributed by atoms with van der Waals surface area (Å²) in [6.45, 7) is 1.52. The van der Waals surface area contributed by atoms with Crippen LogP contribution in [-0.4, -0.2) is 36.1 Å². The molecule has 20 heavy (non-hydrogen) atoms. The van der Waals surface area contributed by atoms with E-state index in [9.17, 15) is 4.39 Å². The van der Waals surface area contributed by atoms with Crippen LogP contribution in [0.3, 0.4) is 0 Å². The normalized spacial score (nSPS) is 18.9. The first-order valence-corrected chi connectivity index (χ1v) is 7.04. The van der Waals surface area contributed by atoms with Gasteiger partial charge in [0.05, 0.1) is 6.54 Å². The van der Waals surface area contributed by atoms with Gasteiger partial charge in [-0.2, -0.15) is 5.26 Å². The molecule has 0 N–H and O–H groups in total. The highest BCUT2D eigenvalue weighted by Gasteiger charge is 2.29. The Morgan fingerprint density at radius 1 is 1.25 bits per heavy atom. The first-order chi connectivity index (χ1) is 9.78. The highest BCUT2D eigenvalue weighted by Crippen LogP contribution is 2.26. The Hall–Kier alpha value is -2.20. The van der Waals surface area contributed by atoms with Crippen LogP contribution in [0.5, 0.6) is 0 Å². The zero-order valence-electron chi connectivity index (χ0n) is 10.6. The predicted molar refractivity (Wildman–Crippen MR) is 75.5 cm³/mol. The Bertz CT molecular complexity index is 623. The van der Waals surface area contributed by atoms with Crippen molar-refractivity contribution in [3.8, 4) is 6.07 Å². The van der Waals surface area contributed by atoms with Gasteiger partial charge >= 0.3 is 0 Å². The first-order valence-electron chi connectivity index (χ1n) is 6.22. The second-order valence-electron chi connectivity index (χ2n) is 4.41. The lowest BCUT2D eigenvalue weighted by molar-refractivity contribution is 0.299. The zero-order valence-corrected chi connectivity index (χ0v) is 11.4. The summed E-state index contributed by atoms with van der Waals surface area (Å²) in [5, 5.41) is 17.1. The number of halogens is 1. The Kier molecular flexibility index (Phi) is 3.48. The molecule has 1 aliphatic rings. The summed E-state index contributed by atoms with van der Waals surface area (Å²) in [6, 6.07) is 11.7. The van der Waals surface area contributed by atoms with Crippen LogP contribution in [0.2, 0.25) is 0 Å². The lowest BCUT2D eigenvalue weighted by atomic mass is 10.2. The van der Waals surface area contributed by atoms with Gasteiger partial charge in [-0.25, -0.2) is 4.39 Å². The number of nitrogens with zero attached hydrogens (tertiary/aromatic N) is 5. The molecule has 1 unspecified atom stereocenters. The largest absolute Gasteiger partial charge is 0.365 e. The molecule has 0 radical (unpaired) electrons. The Morgan fingerprint density at radius 3 is 2.70 bits per heavy atom. The number of hydrogen-bond acceptors (Lipinski definition) is 6. The summed E-state index contributed by atoms with van der Waals surface area (Å²) in [4.78, 5) is 3.57. The van der Waals surface area contributed by atoms with E-state index in [4.69, 9.17) is 5.26 Å². The van der Waals surface area contributed by atoms with Gasteiger partial charge in [-0.05, 0) is 12.1 Å². The minimum atomic E-state index is -1.15. The molecule has 1 saturated heterocycles. The van der Waals surface area contributed by atoms with E-state index < -0.39 is 6.30 Å². The average Bonchev–Trinajstić information content (AvgIpc) is 2.97. The minimum absolute atomic E-state index is 0.262. The number of aromatic nitrogens is 2. The summed E-state index contributed by atoms with van der Waals surface area (Å²) in [5.41, 5.74) is 1.02. The second-order valence-corrected chi connectivity index (χ2v) is 5.37. The third-order valence-corrected chi connectivity index (χ3v) is 4.06. The van der Waals surface area contributed by atoms with Crippen LogP contribution in [0.1, 0.15) is 5.01 Å². The van der Waals surface area contributed by atoms with Crippen molar-refractivity contribution in [2.45, 2.75) is 6.30 Å². The minimum Gasteiger partial charge on any atom is -0.365 e. The monoisotopic (exact) mass is 289 g/mol. The predicted octanol–water partition coefficient (Wildman–Crippen LogP) is 2.03. The molecule has 0 bridgehead atoms. The van der Waals surface area contributed by atoms with Crippen LogP contribution in [0.25, 0.3) is 0 Å². The van der Waals surface area contributed by atoms with Gasteiger partial charge in [-0.1, -0.05) is 29.5 Å². The number of para-hydroxylation sites is 1. The van der Waals surface area contributed by atoms with E-state index in [0.717, 1.165) is 17.0 Å². The van der Waals surface area contributed by atoms with Crippen LogP contribution in [0.15, 0.2) is 30.3 Å². The smallest absolute Gasteiger partial charge is 0.219 e. The maximum Gasteiger partial charge on any atom is 0.219 e. The van der Waals surface area contributed by atoms with Crippen molar-refractivity contribution in [3.63, 3.8) is 0 Å². The molecule has 1 fully saturated rings. The van der Waals surface area contributed by atoms with Crippen LogP contribution < -0.4 is 9.80 Å². The molecule has 0 spiro atoms. The van der Waals surface area contributed by atoms with Crippen molar-refractivity contribution >= 4 is 22.2 Å². The molecule has 2 heterocycles. The van der Waals surface area contributed by atoms with Gasteiger partial charge in [-0.15, -0.1) is 10.2 Å². The Morgan fingerprint density at radius 2 is 2.05 bits per heavy atom. The number of benzene rings is 1. The Balaban J connectivity index is 1.73. The molecule has 0 saturated carbocycles. The lowest BCUT2D eigenvalue weighted by Crippen LogP contribution is -2.51. The Labute approximate surface area is 119 Å². The molecule has 2 aromatic rings. The summed E-state index contributed by atoms with van der Waals surface area (Å²) in [7, 11) is 0. The van der Waals surface area contributed by atoms with Gasteiger partial charge in [0.2, 0.25) is 10.1 Å². The molecule has 0 aliphatic carbocycles. The number of nitriles is 1. The molecule has 5 nitrogen and oxygen atoms in total. The fraction of sp³-hybridized carbons (Fsp3) is 0.308. The van der Waals surface area contributed by atoms with E-state index in [1.807, 2.05) is 41.3 Å². The molecule has 1 aromatic carbocycles. The highest BCUT2D eigenvalue weighted by atomic mass is 32.1. The van der Waals surface area contributed by atoms with Gasteiger partial charge in [-0.3, -0.25) is 0 Å². The first kappa shape index (κ1) is 12.8. The van der Waals surface area contributed by atoms with E-state index in [2.05, 4.69) is 10.2 Å². The van der Waals surface area contributed by atoms with Gasteiger partial charge < -0.3 is 9.80 Å². The molecule has 1 aromatic heterocycles. The summed E-state index contributed by atoms with van der Waals surface area (Å²) >= 11 is 1.12. The van der Waals surface area contributed by atoms with E-state index in [-0.39, 0.29) is 11.6 Å². The number of hydrogen-bond donors (Lipinski definition) is 0. The number of rotatable bonds is 2. The third kappa shape index (κ3) is 2.42. The number of alkyl halides is 1. The van der Waals surface area contributed by atoms with Gasteiger partial charge in [0.1, 0.15) is 6.07 Å². The van der Waals surface area contributed by atoms with Gasteiger partial charge in [0.15, 0.2) is 6.30 Å². The molecule has 1 aliphatic heterocycles. The maximum atomic E-state index is 14.3. The standard InChI is InChI=1S/C13H12FN5S/c14-11-9-18(10-4-2-1-3-5-10)6-7-19(11)13-17-16-12(8-15)20-13/h1-5,11H,6-7,9H2. The zero-order chi connectivity index (χ0) is 13.9. The summed E-state index contributed by atoms with van der Waals surface area (Å²) in [5.74, 6) is 0. The third-order valence-electron chi connectivity index (χ3n) is 3.20. The fourth-order valence-corrected chi connectivity index (χ4v) is 2.91.